The molecule has 0 saturated heterocycles. The van der Waals surface area contributed by atoms with Gasteiger partial charge in [-0.2, -0.15) is 13.2 Å². The Balaban J connectivity index is 2.35. The molecular formula is C8H13F3O2S. The van der Waals surface area contributed by atoms with Gasteiger partial charge in [-0.15, -0.1) is 0 Å². The van der Waals surface area contributed by atoms with Gasteiger partial charge in [0.1, 0.15) is 0 Å². The second-order valence-electron chi connectivity index (χ2n) is 3.51. The van der Waals surface area contributed by atoms with Crippen LogP contribution in [0.5, 0.6) is 0 Å². The largest absolute Gasteiger partial charge is 0.391 e. The van der Waals surface area contributed by atoms with Gasteiger partial charge in [0.15, 0.2) is 11.1 Å². The van der Waals surface area contributed by atoms with E-state index in [1.807, 2.05) is 0 Å². The highest BCUT2D eigenvalue weighted by Crippen LogP contribution is 2.38. The maximum atomic E-state index is 12.2. The van der Waals surface area contributed by atoms with E-state index in [1.165, 1.54) is 6.26 Å². The van der Waals surface area contributed by atoms with Crippen molar-refractivity contribution in [3.63, 3.8) is 0 Å². The highest BCUT2D eigenvalue weighted by Gasteiger charge is 2.41. The van der Waals surface area contributed by atoms with Crippen molar-refractivity contribution in [2.24, 2.45) is 5.92 Å². The van der Waals surface area contributed by atoms with Gasteiger partial charge in [0.05, 0.1) is 12.0 Å². The fraction of sp³-hybridized carbons (Fsp3) is 1.00. The zero-order valence-corrected chi connectivity index (χ0v) is 8.66. The van der Waals surface area contributed by atoms with E-state index in [4.69, 9.17) is 4.18 Å². The summed E-state index contributed by atoms with van der Waals surface area (Å²) in [5, 5.41) is 0. The van der Waals surface area contributed by atoms with E-state index in [0.717, 1.165) is 0 Å². The molecule has 0 N–H and O–H groups in total. The first-order chi connectivity index (χ1) is 6.39. The summed E-state index contributed by atoms with van der Waals surface area (Å²) in [6.45, 7) is 0. The van der Waals surface area contributed by atoms with Crippen LogP contribution in [0, 0.1) is 5.92 Å². The van der Waals surface area contributed by atoms with Gasteiger partial charge in [-0.3, -0.25) is 4.18 Å². The van der Waals surface area contributed by atoms with Crippen LogP contribution in [0.2, 0.25) is 0 Å². The topological polar surface area (TPSA) is 26.3 Å². The highest BCUT2D eigenvalue weighted by molar-refractivity contribution is 7.79. The molecule has 0 aliphatic heterocycles. The van der Waals surface area contributed by atoms with Gasteiger partial charge in [-0.1, -0.05) is 0 Å². The minimum atomic E-state index is -4.09. The number of hydrogen-bond acceptors (Lipinski definition) is 2. The lowest BCUT2D eigenvalue weighted by Gasteiger charge is -2.28. The Morgan fingerprint density at radius 2 is 1.71 bits per heavy atom. The number of halogens is 3. The van der Waals surface area contributed by atoms with Gasteiger partial charge in [-0.25, -0.2) is 4.21 Å². The van der Waals surface area contributed by atoms with Crippen LogP contribution in [0.3, 0.4) is 0 Å². The molecule has 0 radical (unpaired) electrons. The van der Waals surface area contributed by atoms with Crippen LogP contribution in [-0.2, 0) is 15.3 Å². The Morgan fingerprint density at radius 1 is 1.21 bits per heavy atom. The lowest BCUT2D eigenvalue weighted by atomic mass is 9.87. The Bertz CT molecular complexity index is 209. The molecule has 14 heavy (non-hydrogen) atoms. The zero-order valence-electron chi connectivity index (χ0n) is 7.84. The normalized spacial score (nSPS) is 31.4. The molecule has 1 atom stereocenters. The first-order valence-electron chi connectivity index (χ1n) is 4.47. The lowest BCUT2D eigenvalue weighted by molar-refractivity contribution is -0.185. The molecule has 1 rings (SSSR count). The van der Waals surface area contributed by atoms with Crippen molar-refractivity contribution >= 4 is 11.1 Å². The third-order valence-corrected chi connectivity index (χ3v) is 2.95. The summed E-state index contributed by atoms with van der Waals surface area (Å²) < 4.78 is 52.3. The van der Waals surface area contributed by atoms with E-state index >= 15 is 0 Å². The summed E-state index contributed by atoms with van der Waals surface area (Å²) in [5.74, 6) is -1.20. The van der Waals surface area contributed by atoms with E-state index in [-0.39, 0.29) is 18.9 Å². The maximum absolute atomic E-state index is 12.2. The molecule has 0 aromatic heterocycles. The van der Waals surface area contributed by atoms with Crippen LogP contribution >= 0.6 is 0 Å². The van der Waals surface area contributed by atoms with Crippen LogP contribution in [0.25, 0.3) is 0 Å². The van der Waals surface area contributed by atoms with Crippen LogP contribution in [0.1, 0.15) is 25.7 Å². The van der Waals surface area contributed by atoms with Crippen LogP contribution in [0.15, 0.2) is 0 Å². The summed E-state index contributed by atoms with van der Waals surface area (Å²) >= 11 is -1.38. The van der Waals surface area contributed by atoms with Gasteiger partial charge in [-0.05, 0) is 25.7 Å². The monoisotopic (exact) mass is 230 g/mol. The molecule has 0 amide bonds. The molecular weight excluding hydrogens is 217 g/mol. The summed E-state index contributed by atoms with van der Waals surface area (Å²) in [4.78, 5) is 0. The first-order valence-corrected chi connectivity index (χ1v) is 5.95. The highest BCUT2D eigenvalue weighted by atomic mass is 32.2. The van der Waals surface area contributed by atoms with Gasteiger partial charge < -0.3 is 0 Å². The molecule has 0 bridgehead atoms. The summed E-state index contributed by atoms with van der Waals surface area (Å²) in [6, 6.07) is 0. The van der Waals surface area contributed by atoms with Crippen LogP contribution in [-0.4, -0.2) is 22.7 Å². The Kier molecular flexibility index (Phi) is 3.94. The third kappa shape index (κ3) is 3.57. The first kappa shape index (κ1) is 12.0. The standard InChI is InChI=1S/C8H13F3O2S/c1-14(12)13-7-4-2-6(3-5-7)8(9,10)11/h6-7H,2-5H2,1H3. The fourth-order valence-electron chi connectivity index (χ4n) is 1.68. The number of rotatable bonds is 2. The van der Waals surface area contributed by atoms with Gasteiger partial charge >= 0.3 is 6.18 Å². The molecule has 6 heteroatoms. The van der Waals surface area contributed by atoms with Crippen LogP contribution < -0.4 is 0 Å². The van der Waals surface area contributed by atoms with E-state index in [1.54, 1.807) is 0 Å². The SMILES string of the molecule is CS(=O)OC1CCC(C(F)(F)F)CC1. The molecule has 84 valence electrons. The van der Waals surface area contributed by atoms with Gasteiger partial charge in [0, 0.05) is 6.26 Å². The van der Waals surface area contributed by atoms with Gasteiger partial charge in [0.25, 0.3) is 0 Å². The minimum Gasteiger partial charge on any atom is -0.287 e. The molecule has 0 heterocycles. The number of alkyl halides is 3. The van der Waals surface area contributed by atoms with Crippen molar-refractivity contribution in [3.05, 3.63) is 0 Å². The van der Waals surface area contributed by atoms with E-state index in [0.29, 0.717) is 12.8 Å². The predicted octanol–water partition coefficient (Wildman–Crippen LogP) is 2.42. The van der Waals surface area contributed by atoms with Crippen molar-refractivity contribution in [1.29, 1.82) is 0 Å². The summed E-state index contributed by atoms with van der Waals surface area (Å²) in [6.07, 6.45) is -2.09. The third-order valence-electron chi connectivity index (χ3n) is 2.41. The van der Waals surface area contributed by atoms with Gasteiger partial charge in [0.2, 0.25) is 0 Å². The fourth-order valence-corrected chi connectivity index (χ4v) is 2.25. The minimum absolute atomic E-state index is 0.0887. The van der Waals surface area contributed by atoms with Crippen molar-refractivity contribution < 1.29 is 21.6 Å². The van der Waals surface area contributed by atoms with Crippen molar-refractivity contribution in [1.82, 2.24) is 0 Å². The molecule has 1 saturated carbocycles. The van der Waals surface area contributed by atoms with E-state index in [9.17, 15) is 17.4 Å². The predicted molar refractivity (Wildman–Crippen MR) is 47.0 cm³/mol. The second kappa shape index (κ2) is 4.61. The average Bonchev–Trinajstić information content (AvgIpc) is 2.02. The van der Waals surface area contributed by atoms with E-state index in [2.05, 4.69) is 0 Å². The van der Waals surface area contributed by atoms with Crippen molar-refractivity contribution in [3.8, 4) is 0 Å². The Labute approximate surface area is 83.5 Å². The molecule has 0 aromatic carbocycles. The second-order valence-corrected chi connectivity index (χ2v) is 4.51. The lowest BCUT2D eigenvalue weighted by Crippen LogP contribution is -2.30. The van der Waals surface area contributed by atoms with E-state index < -0.39 is 23.2 Å². The molecule has 1 aliphatic carbocycles. The average molecular weight is 230 g/mol. The van der Waals surface area contributed by atoms with Crippen molar-refractivity contribution in [2.45, 2.75) is 38.0 Å². The smallest absolute Gasteiger partial charge is 0.287 e. The molecule has 0 aromatic rings. The molecule has 1 fully saturated rings. The molecule has 2 nitrogen and oxygen atoms in total. The summed E-state index contributed by atoms with van der Waals surface area (Å²) in [7, 11) is 0. The molecule has 1 unspecified atom stereocenters. The zero-order chi connectivity index (χ0) is 10.8. The maximum Gasteiger partial charge on any atom is 0.391 e. The Hall–Kier alpha value is -0.100. The summed E-state index contributed by atoms with van der Waals surface area (Å²) in [5.41, 5.74) is 0. The number of hydrogen-bond donors (Lipinski definition) is 0. The van der Waals surface area contributed by atoms with Crippen LogP contribution in [0.4, 0.5) is 13.2 Å². The van der Waals surface area contributed by atoms with Crippen molar-refractivity contribution in [2.75, 3.05) is 6.26 Å². The quantitative estimate of drug-likeness (QED) is 0.728. The molecule has 1 aliphatic rings. The molecule has 0 spiro atoms. The Morgan fingerprint density at radius 3 is 2.07 bits per heavy atom.